The van der Waals surface area contributed by atoms with Crippen molar-refractivity contribution in [2.75, 3.05) is 26.2 Å². The van der Waals surface area contributed by atoms with Gasteiger partial charge in [0.1, 0.15) is 5.76 Å². The molecule has 2 aromatic carbocycles. The van der Waals surface area contributed by atoms with Crippen LogP contribution in [0.2, 0.25) is 0 Å². The van der Waals surface area contributed by atoms with Gasteiger partial charge in [-0.3, -0.25) is 14.5 Å². The van der Waals surface area contributed by atoms with Crippen LogP contribution in [0.5, 0.6) is 0 Å². The third-order valence-electron chi connectivity index (χ3n) is 5.52. The highest BCUT2D eigenvalue weighted by Crippen LogP contribution is 2.24. The minimum atomic E-state index is -0.0665. The predicted molar refractivity (Wildman–Crippen MR) is 116 cm³/mol. The van der Waals surface area contributed by atoms with Gasteiger partial charge in [-0.25, -0.2) is 0 Å². The average Bonchev–Trinajstić information content (AvgIpc) is 3.15. The Balaban J connectivity index is 1.39. The third-order valence-corrected chi connectivity index (χ3v) is 5.52. The molecule has 0 saturated carbocycles. The number of carbonyl (C=O) groups is 2. The highest BCUT2D eigenvalue weighted by atomic mass is 16.4. The summed E-state index contributed by atoms with van der Waals surface area (Å²) in [4.78, 5) is 28.7. The van der Waals surface area contributed by atoms with Crippen molar-refractivity contribution in [3.05, 3.63) is 83.6 Å². The quantitative estimate of drug-likeness (QED) is 0.590. The number of rotatable bonds is 5. The van der Waals surface area contributed by atoms with E-state index in [0.29, 0.717) is 23.6 Å². The van der Waals surface area contributed by atoms with Crippen molar-refractivity contribution >= 4 is 11.7 Å². The van der Waals surface area contributed by atoms with Crippen LogP contribution in [-0.2, 0) is 6.54 Å². The highest BCUT2D eigenvalue weighted by molar-refractivity contribution is 5.94. The third kappa shape index (κ3) is 4.69. The Morgan fingerprint density at radius 1 is 0.867 bits per heavy atom. The summed E-state index contributed by atoms with van der Waals surface area (Å²) in [6.45, 7) is 5.69. The van der Waals surface area contributed by atoms with Gasteiger partial charge in [-0.2, -0.15) is 0 Å². The Labute approximate surface area is 176 Å². The molecule has 1 saturated heterocycles. The van der Waals surface area contributed by atoms with Gasteiger partial charge in [0, 0.05) is 43.9 Å². The van der Waals surface area contributed by atoms with Crippen LogP contribution in [0.4, 0.5) is 0 Å². The summed E-state index contributed by atoms with van der Waals surface area (Å²) in [5.41, 5.74) is 2.80. The van der Waals surface area contributed by atoms with E-state index < -0.39 is 0 Å². The smallest absolute Gasteiger partial charge is 0.289 e. The fourth-order valence-corrected chi connectivity index (χ4v) is 3.81. The second kappa shape index (κ2) is 9.09. The molecule has 0 aliphatic carbocycles. The lowest BCUT2D eigenvalue weighted by atomic mass is 10.1. The van der Waals surface area contributed by atoms with Gasteiger partial charge in [0.25, 0.3) is 5.91 Å². The normalized spacial score (nSPS) is 15.0. The van der Waals surface area contributed by atoms with Crippen LogP contribution >= 0.6 is 0 Å². The average molecular weight is 402 g/mol. The first kappa shape index (κ1) is 20.1. The van der Waals surface area contributed by atoms with E-state index in [1.54, 1.807) is 25.1 Å². The zero-order valence-corrected chi connectivity index (χ0v) is 17.2. The minimum absolute atomic E-state index is 0.0272. The fraction of sp³-hybridized carbons (Fsp3) is 0.280. The maximum absolute atomic E-state index is 13.0. The van der Waals surface area contributed by atoms with Crippen molar-refractivity contribution in [2.45, 2.75) is 19.9 Å². The molecular formula is C25H26N2O3. The van der Waals surface area contributed by atoms with E-state index in [9.17, 15) is 9.59 Å². The lowest BCUT2D eigenvalue weighted by Crippen LogP contribution is -2.34. The SMILES string of the molecule is CC(=O)c1ccc(-c2ccc(C(=O)N3CCCN(Cc4ccccc4)CC3)o2)cc1. The van der Waals surface area contributed by atoms with Gasteiger partial charge >= 0.3 is 0 Å². The number of ketones is 1. The molecule has 0 bridgehead atoms. The van der Waals surface area contributed by atoms with Crippen LogP contribution in [0, 0.1) is 0 Å². The van der Waals surface area contributed by atoms with Crippen molar-refractivity contribution in [3.8, 4) is 11.3 Å². The van der Waals surface area contributed by atoms with Crippen molar-refractivity contribution in [3.63, 3.8) is 0 Å². The molecule has 3 aromatic rings. The van der Waals surface area contributed by atoms with E-state index in [1.165, 1.54) is 5.56 Å². The van der Waals surface area contributed by atoms with Crippen molar-refractivity contribution in [1.29, 1.82) is 0 Å². The van der Waals surface area contributed by atoms with Crippen molar-refractivity contribution in [1.82, 2.24) is 9.80 Å². The molecule has 0 unspecified atom stereocenters. The summed E-state index contributed by atoms with van der Waals surface area (Å²) in [7, 11) is 0. The number of amides is 1. The number of furan rings is 1. The second-order valence-corrected chi connectivity index (χ2v) is 7.70. The van der Waals surface area contributed by atoms with E-state index in [1.807, 2.05) is 29.2 Å². The highest BCUT2D eigenvalue weighted by Gasteiger charge is 2.23. The summed E-state index contributed by atoms with van der Waals surface area (Å²) in [5.74, 6) is 0.952. The molecule has 154 valence electrons. The molecule has 0 radical (unpaired) electrons. The topological polar surface area (TPSA) is 53.8 Å². The first-order valence-electron chi connectivity index (χ1n) is 10.4. The molecule has 30 heavy (non-hydrogen) atoms. The molecule has 1 fully saturated rings. The molecule has 2 heterocycles. The van der Waals surface area contributed by atoms with Crippen molar-refractivity contribution < 1.29 is 14.0 Å². The second-order valence-electron chi connectivity index (χ2n) is 7.70. The van der Waals surface area contributed by atoms with E-state index >= 15 is 0 Å². The maximum Gasteiger partial charge on any atom is 0.289 e. The molecule has 1 aromatic heterocycles. The Bertz CT molecular complexity index is 1010. The first-order chi connectivity index (χ1) is 14.6. The summed E-state index contributed by atoms with van der Waals surface area (Å²) in [6.07, 6.45) is 0.943. The van der Waals surface area contributed by atoms with E-state index in [0.717, 1.165) is 38.2 Å². The predicted octanol–water partition coefficient (Wildman–Crippen LogP) is 4.50. The number of carbonyl (C=O) groups excluding carboxylic acids is 2. The van der Waals surface area contributed by atoms with Crippen LogP contribution < -0.4 is 0 Å². The number of Topliss-reactive ketones (excluding diaryl/α,β-unsaturated/α-hetero) is 1. The molecule has 1 aliphatic rings. The summed E-state index contributed by atoms with van der Waals surface area (Å²) < 4.78 is 5.86. The van der Waals surface area contributed by atoms with E-state index in [-0.39, 0.29) is 11.7 Å². The Hall–Kier alpha value is -3.18. The molecule has 5 heteroatoms. The molecule has 4 rings (SSSR count). The summed E-state index contributed by atoms with van der Waals surface area (Å²) in [5, 5.41) is 0. The molecule has 0 atom stereocenters. The van der Waals surface area contributed by atoms with Crippen LogP contribution in [0.25, 0.3) is 11.3 Å². The lowest BCUT2D eigenvalue weighted by Gasteiger charge is -2.21. The van der Waals surface area contributed by atoms with Crippen LogP contribution in [-0.4, -0.2) is 47.7 Å². The first-order valence-corrected chi connectivity index (χ1v) is 10.4. The molecule has 0 spiro atoms. The minimum Gasteiger partial charge on any atom is -0.451 e. The molecule has 5 nitrogen and oxygen atoms in total. The molecule has 1 aliphatic heterocycles. The van der Waals surface area contributed by atoms with E-state index in [4.69, 9.17) is 4.42 Å². The van der Waals surface area contributed by atoms with Gasteiger partial charge in [-0.1, -0.05) is 54.6 Å². The van der Waals surface area contributed by atoms with Gasteiger partial charge in [0.15, 0.2) is 11.5 Å². The van der Waals surface area contributed by atoms with Crippen LogP contribution in [0.1, 0.15) is 39.8 Å². The standard InChI is InChI=1S/C25H26N2O3/c1-19(28)21-8-10-22(11-9-21)23-12-13-24(30-23)25(29)27-15-5-14-26(16-17-27)18-20-6-3-2-4-7-20/h2-4,6-13H,5,14-18H2,1H3. The van der Waals surface area contributed by atoms with Crippen molar-refractivity contribution in [2.24, 2.45) is 0 Å². The lowest BCUT2D eigenvalue weighted by molar-refractivity contribution is 0.0730. The zero-order valence-electron chi connectivity index (χ0n) is 17.2. The van der Waals surface area contributed by atoms with Gasteiger partial charge in [0.05, 0.1) is 0 Å². The summed E-state index contributed by atoms with van der Waals surface area (Å²) >= 11 is 0. The largest absolute Gasteiger partial charge is 0.451 e. The van der Waals surface area contributed by atoms with Gasteiger partial charge in [-0.05, 0) is 31.0 Å². The van der Waals surface area contributed by atoms with Gasteiger partial charge in [-0.15, -0.1) is 0 Å². The monoisotopic (exact) mass is 402 g/mol. The summed E-state index contributed by atoms with van der Waals surface area (Å²) in [6, 6.07) is 21.2. The molecule has 0 N–H and O–H groups in total. The Kier molecular flexibility index (Phi) is 6.10. The van der Waals surface area contributed by atoms with Gasteiger partial charge < -0.3 is 9.32 Å². The number of benzene rings is 2. The molecular weight excluding hydrogens is 376 g/mol. The zero-order chi connectivity index (χ0) is 20.9. The van der Waals surface area contributed by atoms with Crippen LogP contribution in [0.3, 0.4) is 0 Å². The number of hydrogen-bond donors (Lipinski definition) is 0. The fourth-order valence-electron chi connectivity index (χ4n) is 3.81. The van der Waals surface area contributed by atoms with E-state index in [2.05, 4.69) is 29.2 Å². The van der Waals surface area contributed by atoms with Crippen LogP contribution in [0.15, 0.2) is 71.1 Å². The van der Waals surface area contributed by atoms with Gasteiger partial charge in [0.2, 0.25) is 0 Å². The number of nitrogens with zero attached hydrogens (tertiary/aromatic N) is 2. The number of hydrogen-bond acceptors (Lipinski definition) is 4. The maximum atomic E-state index is 13.0. The Morgan fingerprint density at radius 3 is 2.37 bits per heavy atom. The molecule has 1 amide bonds. The Morgan fingerprint density at radius 2 is 1.63 bits per heavy atom.